The molecule has 0 bridgehead atoms. The number of hydrogen-bond acceptors (Lipinski definition) is 6. The molecule has 27 heavy (non-hydrogen) atoms. The molecule has 0 radical (unpaired) electrons. The zero-order valence-corrected chi connectivity index (χ0v) is 16.6. The van der Waals surface area contributed by atoms with Gasteiger partial charge in [-0.15, -0.1) is 4.40 Å². The maximum atomic E-state index is 12.4. The third kappa shape index (κ3) is 4.05. The van der Waals surface area contributed by atoms with Gasteiger partial charge in [0.1, 0.15) is 4.90 Å². The quantitative estimate of drug-likeness (QED) is 0.731. The molecule has 2 heterocycles. The van der Waals surface area contributed by atoms with E-state index in [1.807, 2.05) is 4.90 Å². The number of ether oxygens (including phenoxy) is 1. The molecule has 146 valence electrons. The van der Waals surface area contributed by atoms with E-state index in [4.69, 9.17) is 4.74 Å². The van der Waals surface area contributed by atoms with Crippen molar-refractivity contribution < 1.29 is 22.7 Å². The number of rotatable bonds is 3. The van der Waals surface area contributed by atoms with Crippen LogP contribution in [0.25, 0.3) is 0 Å². The Kier molecular flexibility index (Phi) is 5.12. The first-order valence-electron chi connectivity index (χ1n) is 8.99. The van der Waals surface area contributed by atoms with E-state index in [1.165, 1.54) is 6.07 Å². The molecule has 0 unspecified atom stereocenters. The number of likely N-dealkylation sites (tertiary alicyclic amines) is 1. The van der Waals surface area contributed by atoms with Crippen molar-refractivity contribution in [2.24, 2.45) is 15.7 Å². The van der Waals surface area contributed by atoms with Crippen LogP contribution in [0.15, 0.2) is 33.6 Å². The fourth-order valence-electron chi connectivity index (χ4n) is 3.15. The van der Waals surface area contributed by atoms with Gasteiger partial charge in [0.05, 0.1) is 5.92 Å². The highest BCUT2D eigenvalue weighted by atomic mass is 32.2. The zero-order chi connectivity index (χ0) is 19.8. The Hall–Kier alpha value is -2.22. The van der Waals surface area contributed by atoms with Crippen molar-refractivity contribution in [3.8, 4) is 0 Å². The molecular formula is C19H24N2O5S. The first kappa shape index (κ1) is 19.5. The summed E-state index contributed by atoms with van der Waals surface area (Å²) in [5.41, 5.74) is 0.00429. The molecule has 1 saturated heterocycles. The van der Waals surface area contributed by atoms with Gasteiger partial charge in [0.25, 0.3) is 10.0 Å². The standard InChI is InChI=1S/C19H24N2O5S/c1-19(2,3)16(22)12-26-18(23)13-7-6-10-21(11-13)17-14-8-4-5-9-15(14)27(24,25)20-17/h4-5,8-9,13H,6-7,10-12H2,1-3H3/t13-/m1/s1. The summed E-state index contributed by atoms with van der Waals surface area (Å²) in [6, 6.07) is 6.69. The summed E-state index contributed by atoms with van der Waals surface area (Å²) >= 11 is 0. The highest BCUT2D eigenvalue weighted by Gasteiger charge is 2.36. The number of benzene rings is 1. The molecule has 3 rings (SSSR count). The van der Waals surface area contributed by atoms with Gasteiger partial charge in [0, 0.05) is 24.1 Å². The molecule has 0 saturated carbocycles. The van der Waals surface area contributed by atoms with Crippen molar-refractivity contribution in [3.63, 3.8) is 0 Å². The number of sulfonamides is 1. The number of fused-ring (bicyclic) bond motifs is 1. The van der Waals surface area contributed by atoms with Crippen LogP contribution in [-0.4, -0.2) is 50.6 Å². The van der Waals surface area contributed by atoms with E-state index in [0.717, 1.165) is 0 Å². The molecule has 1 aromatic carbocycles. The summed E-state index contributed by atoms with van der Waals surface area (Å²) in [6.07, 6.45) is 1.36. The number of amidine groups is 1. The van der Waals surface area contributed by atoms with E-state index in [9.17, 15) is 18.0 Å². The Bertz CT molecular complexity index is 899. The zero-order valence-electron chi connectivity index (χ0n) is 15.8. The van der Waals surface area contributed by atoms with Crippen LogP contribution in [0.4, 0.5) is 0 Å². The molecule has 0 aromatic heterocycles. The van der Waals surface area contributed by atoms with Crippen LogP contribution < -0.4 is 0 Å². The summed E-state index contributed by atoms with van der Waals surface area (Å²) in [7, 11) is -3.69. The maximum absolute atomic E-state index is 12.4. The van der Waals surface area contributed by atoms with E-state index in [2.05, 4.69) is 4.40 Å². The topological polar surface area (TPSA) is 93.1 Å². The summed E-state index contributed by atoms with van der Waals surface area (Å²) in [5.74, 6) is -0.589. The molecule has 8 heteroatoms. The van der Waals surface area contributed by atoms with E-state index in [1.54, 1.807) is 39.0 Å². The molecule has 2 aliphatic heterocycles. The highest BCUT2D eigenvalue weighted by molar-refractivity contribution is 7.90. The number of hydrogen-bond donors (Lipinski definition) is 0. The molecule has 7 nitrogen and oxygen atoms in total. The largest absolute Gasteiger partial charge is 0.457 e. The number of carbonyl (C=O) groups is 2. The Morgan fingerprint density at radius 2 is 1.96 bits per heavy atom. The minimum Gasteiger partial charge on any atom is -0.457 e. The lowest BCUT2D eigenvalue weighted by atomic mass is 9.91. The molecule has 1 aromatic rings. The van der Waals surface area contributed by atoms with Crippen LogP contribution in [0.5, 0.6) is 0 Å². The van der Waals surface area contributed by atoms with Crippen LogP contribution in [0.2, 0.25) is 0 Å². The van der Waals surface area contributed by atoms with Crippen molar-refractivity contribution in [1.29, 1.82) is 0 Å². The molecule has 0 amide bonds. The van der Waals surface area contributed by atoms with Gasteiger partial charge in [0.15, 0.2) is 18.2 Å². The second-order valence-electron chi connectivity index (χ2n) is 7.95. The Morgan fingerprint density at radius 3 is 2.67 bits per heavy atom. The van der Waals surface area contributed by atoms with Gasteiger partial charge in [0.2, 0.25) is 0 Å². The van der Waals surface area contributed by atoms with Gasteiger partial charge in [-0.2, -0.15) is 8.42 Å². The van der Waals surface area contributed by atoms with Gasteiger partial charge in [-0.1, -0.05) is 32.9 Å². The third-order valence-corrected chi connectivity index (χ3v) is 6.17. The van der Waals surface area contributed by atoms with Crippen molar-refractivity contribution in [3.05, 3.63) is 29.8 Å². The van der Waals surface area contributed by atoms with Crippen LogP contribution in [0, 0.1) is 11.3 Å². The van der Waals surface area contributed by atoms with Crippen LogP contribution in [-0.2, 0) is 24.3 Å². The lowest BCUT2D eigenvalue weighted by Gasteiger charge is -2.33. The van der Waals surface area contributed by atoms with Gasteiger partial charge >= 0.3 is 5.97 Å². The summed E-state index contributed by atoms with van der Waals surface area (Å²) in [6.45, 7) is 6.04. The van der Waals surface area contributed by atoms with Crippen molar-refractivity contribution in [2.45, 2.75) is 38.5 Å². The van der Waals surface area contributed by atoms with Gasteiger partial charge in [-0.05, 0) is 25.0 Å². The lowest BCUT2D eigenvalue weighted by molar-refractivity contribution is -0.155. The summed E-state index contributed by atoms with van der Waals surface area (Å²) in [5, 5.41) is 0. The smallest absolute Gasteiger partial charge is 0.311 e. The number of nitrogens with zero attached hydrogens (tertiary/aromatic N) is 2. The fourth-order valence-corrected chi connectivity index (χ4v) is 4.38. The fraction of sp³-hybridized carbons (Fsp3) is 0.526. The normalized spacial score (nSPS) is 21.4. The van der Waals surface area contributed by atoms with Gasteiger partial charge in [-0.25, -0.2) is 0 Å². The van der Waals surface area contributed by atoms with E-state index >= 15 is 0 Å². The monoisotopic (exact) mass is 392 g/mol. The minimum absolute atomic E-state index is 0.135. The Balaban J connectivity index is 1.70. The predicted molar refractivity (Wildman–Crippen MR) is 99.9 cm³/mol. The molecule has 0 aliphatic carbocycles. The second-order valence-corrected chi connectivity index (χ2v) is 9.52. The number of carbonyl (C=O) groups excluding carboxylic acids is 2. The average Bonchev–Trinajstić information content (AvgIpc) is 2.90. The molecule has 2 aliphatic rings. The van der Waals surface area contributed by atoms with E-state index in [0.29, 0.717) is 37.3 Å². The molecule has 0 N–H and O–H groups in total. The first-order valence-corrected chi connectivity index (χ1v) is 10.4. The molecular weight excluding hydrogens is 368 g/mol. The summed E-state index contributed by atoms with van der Waals surface area (Å²) in [4.78, 5) is 26.4. The molecule has 0 spiro atoms. The molecule has 1 atom stereocenters. The number of Topliss-reactive ketones (excluding diaryl/α,β-unsaturated/α-hetero) is 1. The Morgan fingerprint density at radius 1 is 1.26 bits per heavy atom. The van der Waals surface area contributed by atoms with Crippen LogP contribution in [0.3, 0.4) is 0 Å². The maximum Gasteiger partial charge on any atom is 0.311 e. The van der Waals surface area contributed by atoms with E-state index in [-0.39, 0.29) is 17.3 Å². The number of piperidine rings is 1. The van der Waals surface area contributed by atoms with Gasteiger partial charge in [-0.3, -0.25) is 9.59 Å². The SMILES string of the molecule is CC(C)(C)C(=O)COC(=O)[C@@H]1CCCN(C2=NS(=O)(=O)c3ccccc32)C1. The summed E-state index contributed by atoms with van der Waals surface area (Å²) < 4.78 is 33.6. The number of ketones is 1. The van der Waals surface area contributed by atoms with Crippen molar-refractivity contribution in [1.82, 2.24) is 4.90 Å². The second kappa shape index (κ2) is 7.07. The first-order chi connectivity index (χ1) is 12.6. The van der Waals surface area contributed by atoms with Crippen LogP contribution >= 0.6 is 0 Å². The Labute approximate surface area is 159 Å². The lowest BCUT2D eigenvalue weighted by Crippen LogP contribution is -2.43. The predicted octanol–water partition coefficient (Wildman–Crippen LogP) is 2.01. The minimum atomic E-state index is -3.69. The average molecular weight is 392 g/mol. The van der Waals surface area contributed by atoms with Crippen LogP contribution in [0.1, 0.15) is 39.2 Å². The van der Waals surface area contributed by atoms with Crippen molar-refractivity contribution >= 4 is 27.6 Å². The highest BCUT2D eigenvalue weighted by Crippen LogP contribution is 2.30. The third-order valence-electron chi connectivity index (χ3n) is 4.85. The van der Waals surface area contributed by atoms with E-state index < -0.39 is 27.3 Å². The molecule has 1 fully saturated rings. The van der Waals surface area contributed by atoms with Crippen molar-refractivity contribution in [2.75, 3.05) is 19.7 Å². The van der Waals surface area contributed by atoms with Gasteiger partial charge < -0.3 is 9.64 Å². The number of esters is 1.